The van der Waals surface area contributed by atoms with Gasteiger partial charge >= 0.3 is 0 Å². The van der Waals surface area contributed by atoms with Crippen molar-refractivity contribution in [3.8, 4) is 0 Å². The summed E-state index contributed by atoms with van der Waals surface area (Å²) in [4.78, 5) is 9.84. The van der Waals surface area contributed by atoms with Crippen molar-refractivity contribution in [2.24, 2.45) is 5.41 Å². The molecule has 0 aliphatic heterocycles. The molecular formula is C8H15O. The maximum atomic E-state index is 9.84. The molecule has 0 heterocycles. The van der Waals surface area contributed by atoms with Crippen LogP contribution in [-0.4, -0.2) is 6.29 Å². The van der Waals surface area contributed by atoms with E-state index in [1.54, 1.807) is 6.42 Å². The Morgan fingerprint density at radius 2 is 1.89 bits per heavy atom. The Bertz CT molecular complexity index is 79.1. The summed E-state index contributed by atoms with van der Waals surface area (Å²) in [6, 6.07) is 0. The molecule has 1 nitrogen and oxygen atoms in total. The van der Waals surface area contributed by atoms with E-state index in [1.165, 1.54) is 0 Å². The van der Waals surface area contributed by atoms with Crippen LogP contribution in [-0.2, 0) is 4.79 Å². The van der Waals surface area contributed by atoms with Crippen molar-refractivity contribution in [2.75, 3.05) is 0 Å². The van der Waals surface area contributed by atoms with E-state index in [0.29, 0.717) is 5.41 Å². The van der Waals surface area contributed by atoms with Crippen molar-refractivity contribution >= 4 is 6.29 Å². The van der Waals surface area contributed by atoms with Crippen LogP contribution in [0.4, 0.5) is 0 Å². The summed E-state index contributed by atoms with van der Waals surface area (Å²) < 4.78 is 0. The van der Waals surface area contributed by atoms with E-state index in [-0.39, 0.29) is 0 Å². The zero-order valence-corrected chi connectivity index (χ0v) is 6.48. The van der Waals surface area contributed by atoms with Gasteiger partial charge < -0.3 is 4.79 Å². The minimum Gasteiger partial charge on any atom is -0.303 e. The van der Waals surface area contributed by atoms with E-state index in [0.717, 1.165) is 19.1 Å². The molecule has 0 rings (SSSR count). The minimum absolute atomic E-state index is 0.361. The maximum absolute atomic E-state index is 9.84. The first-order chi connectivity index (χ1) is 4.06. The predicted molar refractivity (Wildman–Crippen MR) is 39.1 cm³/mol. The van der Waals surface area contributed by atoms with Crippen molar-refractivity contribution in [1.82, 2.24) is 0 Å². The van der Waals surface area contributed by atoms with Gasteiger partial charge in [-0.15, -0.1) is 0 Å². The molecule has 0 unspecified atom stereocenters. The molecule has 0 N–H and O–H groups in total. The number of hydrogen-bond donors (Lipinski definition) is 0. The van der Waals surface area contributed by atoms with Gasteiger partial charge in [0.05, 0.1) is 0 Å². The lowest BCUT2D eigenvalue weighted by molar-refractivity contribution is -0.105. The van der Waals surface area contributed by atoms with Crippen LogP contribution in [0.25, 0.3) is 0 Å². The van der Waals surface area contributed by atoms with Crippen molar-refractivity contribution in [3.63, 3.8) is 0 Å². The van der Waals surface area contributed by atoms with Crippen molar-refractivity contribution in [3.05, 3.63) is 6.42 Å². The van der Waals surface area contributed by atoms with Crippen LogP contribution in [0.2, 0.25) is 0 Å². The third kappa shape index (κ3) is 7.67. The Hall–Kier alpha value is -0.330. The first kappa shape index (κ1) is 8.67. The maximum Gasteiger partial charge on any atom is 0.123 e. The molecule has 0 saturated carbocycles. The van der Waals surface area contributed by atoms with E-state index in [1.807, 2.05) is 0 Å². The molecule has 0 spiro atoms. The van der Waals surface area contributed by atoms with E-state index in [4.69, 9.17) is 0 Å². The SMILES string of the molecule is CC(C)(C)CC[CH]C=O. The van der Waals surface area contributed by atoms with Gasteiger partial charge in [0.1, 0.15) is 6.29 Å². The van der Waals surface area contributed by atoms with Crippen LogP contribution in [0.3, 0.4) is 0 Å². The lowest BCUT2D eigenvalue weighted by Gasteiger charge is -2.16. The molecule has 9 heavy (non-hydrogen) atoms. The highest BCUT2D eigenvalue weighted by Gasteiger charge is 2.08. The van der Waals surface area contributed by atoms with Crippen molar-refractivity contribution in [1.29, 1.82) is 0 Å². The summed E-state index contributed by atoms with van der Waals surface area (Å²) in [6.07, 6.45) is 4.54. The highest BCUT2D eigenvalue weighted by Crippen LogP contribution is 2.20. The molecule has 53 valence electrons. The molecule has 1 heteroatoms. The molecule has 0 amide bonds. The number of aldehydes is 1. The highest BCUT2D eigenvalue weighted by molar-refractivity contribution is 5.60. The monoisotopic (exact) mass is 127 g/mol. The van der Waals surface area contributed by atoms with Crippen LogP contribution in [0.1, 0.15) is 33.6 Å². The second kappa shape index (κ2) is 3.65. The molecule has 0 aromatic rings. The fourth-order valence-electron chi connectivity index (χ4n) is 0.584. The van der Waals surface area contributed by atoms with Gasteiger partial charge in [0.2, 0.25) is 0 Å². The third-order valence-corrected chi connectivity index (χ3v) is 1.16. The van der Waals surface area contributed by atoms with Crippen LogP contribution in [0, 0.1) is 11.8 Å². The van der Waals surface area contributed by atoms with E-state index in [2.05, 4.69) is 20.8 Å². The second-order valence-corrected chi connectivity index (χ2v) is 3.47. The summed E-state index contributed by atoms with van der Waals surface area (Å²) in [6.45, 7) is 6.52. The molecule has 1 radical (unpaired) electrons. The zero-order valence-electron chi connectivity index (χ0n) is 6.48. The van der Waals surface area contributed by atoms with Crippen LogP contribution in [0.5, 0.6) is 0 Å². The molecule has 0 bridgehead atoms. The lowest BCUT2D eigenvalue weighted by atomic mass is 9.90. The van der Waals surface area contributed by atoms with Gasteiger partial charge in [0, 0.05) is 6.42 Å². The Kier molecular flexibility index (Phi) is 3.52. The number of carbonyl (C=O) groups excluding carboxylic acids is 1. The highest BCUT2D eigenvalue weighted by atomic mass is 16.1. The average molecular weight is 127 g/mol. The van der Waals surface area contributed by atoms with Gasteiger partial charge in [-0.2, -0.15) is 0 Å². The van der Waals surface area contributed by atoms with Gasteiger partial charge in [-0.1, -0.05) is 20.8 Å². The smallest absolute Gasteiger partial charge is 0.123 e. The van der Waals surface area contributed by atoms with Crippen molar-refractivity contribution in [2.45, 2.75) is 33.6 Å². The molecule has 0 fully saturated rings. The average Bonchev–Trinajstić information content (AvgIpc) is 1.63. The lowest BCUT2D eigenvalue weighted by Crippen LogP contribution is -2.04. The van der Waals surface area contributed by atoms with Gasteiger partial charge in [-0.25, -0.2) is 0 Å². The topological polar surface area (TPSA) is 17.1 Å². The van der Waals surface area contributed by atoms with Gasteiger partial charge in [0.25, 0.3) is 0 Å². The molecule has 0 aromatic heterocycles. The fraction of sp³-hybridized carbons (Fsp3) is 0.750. The van der Waals surface area contributed by atoms with E-state index < -0.39 is 0 Å². The summed E-state index contributed by atoms with van der Waals surface area (Å²) >= 11 is 0. The molecule has 0 aromatic carbocycles. The standard InChI is InChI=1S/C8H15O/c1-8(2,3)6-4-5-7-9/h5,7H,4,6H2,1-3H3. The molecule has 0 aliphatic carbocycles. The third-order valence-electron chi connectivity index (χ3n) is 1.16. The first-order valence-electron chi connectivity index (χ1n) is 3.33. The van der Waals surface area contributed by atoms with Crippen LogP contribution in [0.15, 0.2) is 0 Å². The second-order valence-electron chi connectivity index (χ2n) is 3.47. The molecule has 0 atom stereocenters. The Morgan fingerprint density at radius 3 is 2.22 bits per heavy atom. The Labute approximate surface area is 57.5 Å². The largest absolute Gasteiger partial charge is 0.303 e. The molecule has 0 saturated heterocycles. The van der Waals surface area contributed by atoms with Gasteiger partial charge in [-0.3, -0.25) is 0 Å². The number of rotatable bonds is 3. The quantitative estimate of drug-likeness (QED) is 0.419. The van der Waals surface area contributed by atoms with E-state index >= 15 is 0 Å². The summed E-state index contributed by atoms with van der Waals surface area (Å²) in [5.41, 5.74) is 0.361. The van der Waals surface area contributed by atoms with E-state index in [9.17, 15) is 4.79 Å². The minimum atomic E-state index is 0.361. The Balaban J connectivity index is 3.17. The molecule has 0 aliphatic rings. The summed E-state index contributed by atoms with van der Waals surface area (Å²) in [5.74, 6) is 0. The number of carbonyl (C=O) groups is 1. The van der Waals surface area contributed by atoms with Crippen LogP contribution >= 0.6 is 0 Å². The number of hydrogen-bond acceptors (Lipinski definition) is 1. The fourth-order valence-corrected chi connectivity index (χ4v) is 0.584. The summed E-state index contributed by atoms with van der Waals surface area (Å²) in [7, 11) is 0. The Morgan fingerprint density at radius 1 is 1.33 bits per heavy atom. The van der Waals surface area contributed by atoms with Crippen LogP contribution < -0.4 is 0 Å². The zero-order chi connectivity index (χ0) is 7.33. The molecular weight excluding hydrogens is 112 g/mol. The first-order valence-corrected chi connectivity index (χ1v) is 3.33. The van der Waals surface area contributed by atoms with Gasteiger partial charge in [0.15, 0.2) is 0 Å². The normalized spacial score (nSPS) is 11.4. The van der Waals surface area contributed by atoms with Crippen molar-refractivity contribution < 1.29 is 4.79 Å². The number of unbranched alkanes of at least 4 members (excludes halogenated alkanes) is 1. The van der Waals surface area contributed by atoms with Gasteiger partial charge in [-0.05, 0) is 18.3 Å². The summed E-state index contributed by atoms with van der Waals surface area (Å²) in [5, 5.41) is 0. The predicted octanol–water partition coefficient (Wildman–Crippen LogP) is 2.22.